The maximum absolute atomic E-state index is 5.70. The topological polar surface area (TPSA) is 40.6 Å². The smallest absolute Gasteiger partial charge is 0.0868 e. The fourth-order valence-electron chi connectivity index (χ4n) is 2.69. The van der Waals surface area contributed by atoms with Gasteiger partial charge in [-0.3, -0.25) is 14.8 Å². The third-order valence-corrected chi connectivity index (χ3v) is 4.71. The Labute approximate surface area is 145 Å². The van der Waals surface area contributed by atoms with Crippen LogP contribution in [-0.2, 0) is 4.74 Å². The summed E-state index contributed by atoms with van der Waals surface area (Å²) in [6.07, 6.45) is 1.84. The molecular formula is C17H28N4OS. The van der Waals surface area contributed by atoms with E-state index in [9.17, 15) is 0 Å². The highest BCUT2D eigenvalue weighted by Crippen LogP contribution is 2.17. The van der Waals surface area contributed by atoms with Crippen molar-refractivity contribution in [1.29, 1.82) is 0 Å². The van der Waals surface area contributed by atoms with Gasteiger partial charge in [0.05, 0.1) is 36.5 Å². The maximum Gasteiger partial charge on any atom is 0.0868 e. The SMILES string of the molecule is CCN(CC)CNC(=S)C(CN1CCOCC1)c1ccccn1. The first kappa shape index (κ1) is 18.3. The Morgan fingerprint density at radius 2 is 2.09 bits per heavy atom. The van der Waals surface area contributed by atoms with Gasteiger partial charge in [-0.05, 0) is 25.2 Å². The second kappa shape index (κ2) is 9.93. The van der Waals surface area contributed by atoms with Crippen LogP contribution in [0.2, 0.25) is 0 Å². The third kappa shape index (κ3) is 5.80. The van der Waals surface area contributed by atoms with Crippen molar-refractivity contribution in [3.8, 4) is 0 Å². The molecule has 6 heteroatoms. The lowest BCUT2D eigenvalue weighted by Gasteiger charge is -2.31. The number of thiocarbonyl (C=S) groups is 1. The molecule has 1 unspecified atom stereocenters. The van der Waals surface area contributed by atoms with E-state index in [1.807, 2.05) is 18.3 Å². The zero-order chi connectivity index (χ0) is 16.5. The molecule has 23 heavy (non-hydrogen) atoms. The molecule has 1 aliphatic heterocycles. The molecule has 5 nitrogen and oxygen atoms in total. The van der Waals surface area contributed by atoms with Crippen LogP contribution in [0.1, 0.15) is 25.5 Å². The van der Waals surface area contributed by atoms with Crippen LogP contribution in [-0.4, -0.2) is 72.4 Å². The average molecular weight is 337 g/mol. The molecule has 1 saturated heterocycles. The predicted molar refractivity (Wildman–Crippen MR) is 97.8 cm³/mol. The number of nitrogens with one attached hydrogen (secondary N) is 1. The van der Waals surface area contributed by atoms with E-state index in [0.717, 1.165) is 63.3 Å². The second-order valence-corrected chi connectivity index (χ2v) is 6.16. The van der Waals surface area contributed by atoms with Crippen molar-refractivity contribution in [1.82, 2.24) is 20.1 Å². The molecule has 1 aromatic rings. The fourth-order valence-corrected chi connectivity index (χ4v) is 2.95. The number of ether oxygens (including phenoxy) is 1. The van der Waals surface area contributed by atoms with E-state index in [1.165, 1.54) is 0 Å². The van der Waals surface area contributed by atoms with Gasteiger partial charge in [0.1, 0.15) is 0 Å². The van der Waals surface area contributed by atoms with E-state index in [1.54, 1.807) is 0 Å². The van der Waals surface area contributed by atoms with Gasteiger partial charge in [-0.1, -0.05) is 32.1 Å². The molecule has 1 fully saturated rings. The van der Waals surface area contributed by atoms with E-state index in [2.05, 4.69) is 40.0 Å². The van der Waals surface area contributed by atoms with Crippen molar-refractivity contribution >= 4 is 17.2 Å². The highest BCUT2D eigenvalue weighted by Gasteiger charge is 2.23. The van der Waals surface area contributed by atoms with Crippen molar-refractivity contribution in [2.24, 2.45) is 0 Å². The van der Waals surface area contributed by atoms with Gasteiger partial charge in [0.2, 0.25) is 0 Å². The molecule has 1 N–H and O–H groups in total. The van der Waals surface area contributed by atoms with Gasteiger partial charge in [-0.2, -0.15) is 0 Å². The first-order chi connectivity index (χ1) is 11.2. The minimum Gasteiger partial charge on any atom is -0.379 e. The van der Waals surface area contributed by atoms with Crippen LogP contribution in [0.25, 0.3) is 0 Å². The van der Waals surface area contributed by atoms with Crippen LogP contribution in [0.3, 0.4) is 0 Å². The molecule has 0 amide bonds. The van der Waals surface area contributed by atoms with E-state index in [4.69, 9.17) is 17.0 Å². The van der Waals surface area contributed by atoms with Gasteiger partial charge < -0.3 is 10.1 Å². The molecule has 1 aromatic heterocycles. The lowest BCUT2D eigenvalue weighted by atomic mass is 10.0. The van der Waals surface area contributed by atoms with Crippen LogP contribution in [0.15, 0.2) is 24.4 Å². The van der Waals surface area contributed by atoms with Gasteiger partial charge in [-0.15, -0.1) is 0 Å². The average Bonchev–Trinajstić information content (AvgIpc) is 2.62. The molecule has 1 atom stereocenters. The second-order valence-electron chi connectivity index (χ2n) is 5.72. The highest BCUT2D eigenvalue weighted by molar-refractivity contribution is 7.80. The number of hydrogen-bond donors (Lipinski definition) is 1. The monoisotopic (exact) mass is 336 g/mol. The number of nitrogens with zero attached hydrogens (tertiary/aromatic N) is 3. The van der Waals surface area contributed by atoms with Gasteiger partial charge in [0, 0.05) is 25.8 Å². The molecule has 1 aliphatic rings. The minimum absolute atomic E-state index is 0.125. The van der Waals surface area contributed by atoms with E-state index >= 15 is 0 Å². The number of morpholine rings is 1. The summed E-state index contributed by atoms with van der Waals surface area (Å²) >= 11 is 5.70. The maximum atomic E-state index is 5.70. The van der Waals surface area contributed by atoms with Crippen molar-refractivity contribution in [3.05, 3.63) is 30.1 Å². The fraction of sp³-hybridized carbons (Fsp3) is 0.647. The largest absolute Gasteiger partial charge is 0.379 e. The number of pyridine rings is 1. The normalized spacial score (nSPS) is 17.2. The van der Waals surface area contributed by atoms with Crippen molar-refractivity contribution in [2.45, 2.75) is 19.8 Å². The quantitative estimate of drug-likeness (QED) is 0.576. The molecule has 2 rings (SSSR count). The Morgan fingerprint density at radius 3 is 2.70 bits per heavy atom. The summed E-state index contributed by atoms with van der Waals surface area (Å²) < 4.78 is 5.44. The van der Waals surface area contributed by atoms with Gasteiger partial charge in [0.15, 0.2) is 0 Å². The lowest BCUT2D eigenvalue weighted by Crippen LogP contribution is -2.44. The molecule has 0 bridgehead atoms. The molecule has 0 spiro atoms. The zero-order valence-corrected chi connectivity index (χ0v) is 15.0. The van der Waals surface area contributed by atoms with E-state index < -0.39 is 0 Å². The lowest BCUT2D eigenvalue weighted by molar-refractivity contribution is 0.0372. The van der Waals surface area contributed by atoms with Crippen LogP contribution >= 0.6 is 12.2 Å². The Morgan fingerprint density at radius 1 is 1.35 bits per heavy atom. The first-order valence-corrected chi connectivity index (χ1v) is 8.86. The van der Waals surface area contributed by atoms with Crippen LogP contribution in [0.4, 0.5) is 0 Å². The van der Waals surface area contributed by atoms with Gasteiger partial charge in [-0.25, -0.2) is 0 Å². The number of rotatable bonds is 8. The van der Waals surface area contributed by atoms with Gasteiger partial charge in [0.25, 0.3) is 0 Å². The number of aromatic nitrogens is 1. The molecular weight excluding hydrogens is 308 g/mol. The standard InChI is InChI=1S/C17H28N4OS/c1-3-20(4-2)14-19-17(23)15(16-7-5-6-8-18-16)13-21-9-11-22-12-10-21/h5-8,15H,3-4,9-14H2,1-2H3,(H,19,23). The van der Waals surface area contributed by atoms with Crippen LogP contribution < -0.4 is 5.32 Å². The Balaban J connectivity index is 2.01. The molecule has 128 valence electrons. The summed E-state index contributed by atoms with van der Waals surface area (Å²) in [4.78, 5) is 10.1. The number of hydrogen-bond acceptors (Lipinski definition) is 5. The predicted octanol–water partition coefficient (Wildman–Crippen LogP) is 1.71. The minimum atomic E-state index is 0.125. The molecule has 0 aromatic carbocycles. The summed E-state index contributed by atoms with van der Waals surface area (Å²) in [5.74, 6) is 0.125. The summed E-state index contributed by atoms with van der Waals surface area (Å²) in [6.45, 7) is 11.6. The van der Waals surface area contributed by atoms with Crippen LogP contribution in [0.5, 0.6) is 0 Å². The van der Waals surface area contributed by atoms with Crippen molar-refractivity contribution in [2.75, 3.05) is 52.6 Å². The van der Waals surface area contributed by atoms with Crippen LogP contribution in [0, 0.1) is 0 Å². The summed E-state index contributed by atoms with van der Waals surface area (Å²) in [7, 11) is 0. The molecule has 0 aliphatic carbocycles. The Bertz CT molecular complexity index is 461. The molecule has 2 heterocycles. The zero-order valence-electron chi connectivity index (χ0n) is 14.2. The van der Waals surface area contributed by atoms with E-state index in [-0.39, 0.29) is 5.92 Å². The first-order valence-electron chi connectivity index (χ1n) is 8.45. The van der Waals surface area contributed by atoms with Crippen molar-refractivity contribution < 1.29 is 4.74 Å². The Hall–Kier alpha value is -1.08. The summed E-state index contributed by atoms with van der Waals surface area (Å²) in [5.41, 5.74) is 1.04. The highest BCUT2D eigenvalue weighted by atomic mass is 32.1. The molecule has 0 radical (unpaired) electrons. The van der Waals surface area contributed by atoms with Gasteiger partial charge >= 0.3 is 0 Å². The Kier molecular flexibility index (Phi) is 7.88. The van der Waals surface area contributed by atoms with Crippen molar-refractivity contribution in [3.63, 3.8) is 0 Å². The summed E-state index contributed by atoms with van der Waals surface area (Å²) in [5, 5.41) is 3.43. The summed E-state index contributed by atoms with van der Waals surface area (Å²) in [6, 6.07) is 6.04. The molecule has 0 saturated carbocycles. The van der Waals surface area contributed by atoms with E-state index in [0.29, 0.717) is 0 Å². The third-order valence-electron chi connectivity index (χ3n) is 4.28.